The Balaban J connectivity index is 2.13. The molecule has 0 unspecified atom stereocenters. The Kier molecular flexibility index (Phi) is 4.65. The SMILES string of the molecule is CNCCc1ccc(S(=O)(=O)Nc2cccnn2)cc1. The fourth-order valence-electron chi connectivity index (χ4n) is 1.66. The summed E-state index contributed by atoms with van der Waals surface area (Å²) >= 11 is 0. The topological polar surface area (TPSA) is 84.0 Å². The number of rotatable bonds is 6. The van der Waals surface area contributed by atoms with E-state index in [1.165, 1.54) is 6.20 Å². The van der Waals surface area contributed by atoms with Crippen LogP contribution < -0.4 is 10.0 Å². The third kappa shape index (κ3) is 3.75. The molecular weight excluding hydrogens is 276 g/mol. The molecule has 0 aliphatic rings. The van der Waals surface area contributed by atoms with Gasteiger partial charge in [-0.1, -0.05) is 12.1 Å². The van der Waals surface area contributed by atoms with Crippen LogP contribution in [-0.2, 0) is 16.4 Å². The average Bonchev–Trinajstić information content (AvgIpc) is 2.46. The molecule has 0 saturated heterocycles. The van der Waals surface area contributed by atoms with E-state index in [4.69, 9.17) is 0 Å². The fraction of sp³-hybridized carbons (Fsp3) is 0.231. The van der Waals surface area contributed by atoms with E-state index in [9.17, 15) is 8.42 Å². The monoisotopic (exact) mass is 292 g/mol. The maximum atomic E-state index is 12.1. The van der Waals surface area contributed by atoms with E-state index in [-0.39, 0.29) is 10.7 Å². The van der Waals surface area contributed by atoms with Crippen LogP contribution in [0.25, 0.3) is 0 Å². The number of sulfonamides is 1. The summed E-state index contributed by atoms with van der Waals surface area (Å²) in [7, 11) is -1.74. The van der Waals surface area contributed by atoms with Crippen molar-refractivity contribution in [1.29, 1.82) is 0 Å². The van der Waals surface area contributed by atoms with Crippen LogP contribution in [0.15, 0.2) is 47.5 Å². The molecule has 20 heavy (non-hydrogen) atoms. The average molecular weight is 292 g/mol. The predicted octanol–water partition coefficient (Wildman–Crippen LogP) is 1.04. The number of hydrogen-bond acceptors (Lipinski definition) is 5. The first-order chi connectivity index (χ1) is 9.62. The van der Waals surface area contributed by atoms with E-state index in [1.54, 1.807) is 24.3 Å². The first kappa shape index (κ1) is 14.4. The molecule has 6 nitrogen and oxygen atoms in total. The lowest BCUT2D eigenvalue weighted by Crippen LogP contribution is -2.14. The lowest BCUT2D eigenvalue weighted by molar-refractivity contribution is 0.601. The summed E-state index contributed by atoms with van der Waals surface area (Å²) < 4.78 is 26.7. The van der Waals surface area contributed by atoms with Crippen LogP contribution in [0.3, 0.4) is 0 Å². The highest BCUT2D eigenvalue weighted by atomic mass is 32.2. The summed E-state index contributed by atoms with van der Waals surface area (Å²) in [5.74, 6) is 0.201. The van der Waals surface area contributed by atoms with Crippen LogP contribution in [-0.4, -0.2) is 32.2 Å². The second kappa shape index (κ2) is 6.44. The number of nitrogens with one attached hydrogen (secondary N) is 2. The molecule has 7 heteroatoms. The van der Waals surface area contributed by atoms with Gasteiger partial charge in [0.05, 0.1) is 4.90 Å². The van der Waals surface area contributed by atoms with Crippen molar-refractivity contribution in [3.63, 3.8) is 0 Å². The Morgan fingerprint density at radius 1 is 1.15 bits per heavy atom. The molecule has 1 heterocycles. The molecule has 2 aromatic rings. The highest BCUT2D eigenvalue weighted by Crippen LogP contribution is 2.14. The zero-order valence-corrected chi connectivity index (χ0v) is 11.9. The maximum Gasteiger partial charge on any atom is 0.263 e. The van der Waals surface area contributed by atoms with Crippen LogP contribution in [0.2, 0.25) is 0 Å². The Morgan fingerprint density at radius 3 is 2.50 bits per heavy atom. The number of aromatic nitrogens is 2. The Morgan fingerprint density at radius 2 is 1.90 bits per heavy atom. The molecule has 0 spiro atoms. The van der Waals surface area contributed by atoms with Crippen molar-refractivity contribution in [1.82, 2.24) is 15.5 Å². The lowest BCUT2D eigenvalue weighted by Gasteiger charge is -2.07. The zero-order valence-electron chi connectivity index (χ0n) is 11.1. The van der Waals surface area contributed by atoms with Crippen molar-refractivity contribution in [2.75, 3.05) is 18.3 Å². The number of anilines is 1. The molecular formula is C13H16N4O2S. The Bertz CT molecular complexity index is 642. The van der Waals surface area contributed by atoms with E-state index in [1.807, 2.05) is 19.2 Å². The van der Waals surface area contributed by atoms with Gasteiger partial charge < -0.3 is 5.32 Å². The zero-order chi connectivity index (χ0) is 14.4. The molecule has 0 aliphatic heterocycles. The lowest BCUT2D eigenvalue weighted by atomic mass is 10.1. The van der Waals surface area contributed by atoms with Gasteiger partial charge in [-0.05, 0) is 49.8 Å². The smallest absolute Gasteiger partial charge is 0.263 e. The van der Waals surface area contributed by atoms with Crippen molar-refractivity contribution in [2.24, 2.45) is 0 Å². The second-order valence-electron chi connectivity index (χ2n) is 4.21. The van der Waals surface area contributed by atoms with Crippen LogP contribution >= 0.6 is 0 Å². The summed E-state index contributed by atoms with van der Waals surface area (Å²) in [6, 6.07) is 9.95. The number of likely N-dealkylation sites (N-methyl/N-ethyl adjacent to an activating group) is 1. The Hall–Kier alpha value is -1.99. The molecule has 1 aromatic heterocycles. The number of hydrogen-bond donors (Lipinski definition) is 2. The summed E-state index contributed by atoms with van der Waals surface area (Å²) in [6.45, 7) is 0.851. The fourth-order valence-corrected chi connectivity index (χ4v) is 2.65. The molecule has 0 bridgehead atoms. The van der Waals surface area contributed by atoms with Gasteiger partial charge in [0.2, 0.25) is 0 Å². The van der Waals surface area contributed by atoms with Gasteiger partial charge in [0.15, 0.2) is 5.82 Å². The normalized spacial score (nSPS) is 11.2. The summed E-state index contributed by atoms with van der Waals surface area (Å²) in [6.07, 6.45) is 2.34. The Labute approximate surface area is 118 Å². The number of benzene rings is 1. The van der Waals surface area contributed by atoms with Gasteiger partial charge in [-0.15, -0.1) is 5.10 Å². The molecule has 2 N–H and O–H groups in total. The molecule has 106 valence electrons. The van der Waals surface area contributed by atoms with Gasteiger partial charge >= 0.3 is 0 Å². The maximum absolute atomic E-state index is 12.1. The van der Waals surface area contributed by atoms with Crippen LogP contribution in [0.1, 0.15) is 5.56 Å². The van der Waals surface area contributed by atoms with E-state index >= 15 is 0 Å². The standard InChI is InChI=1S/C13H16N4O2S/c1-14-10-8-11-4-6-12(7-5-11)20(18,19)17-13-3-2-9-15-16-13/h2-7,9,14H,8,10H2,1H3,(H,16,17). The molecule has 2 rings (SSSR count). The van der Waals surface area contributed by atoms with Crippen molar-refractivity contribution in [3.8, 4) is 0 Å². The summed E-state index contributed by atoms with van der Waals surface area (Å²) in [5.41, 5.74) is 1.08. The molecule has 1 aromatic carbocycles. The van der Waals surface area contributed by atoms with Crippen molar-refractivity contribution < 1.29 is 8.42 Å². The molecule has 0 saturated carbocycles. The largest absolute Gasteiger partial charge is 0.319 e. The predicted molar refractivity (Wildman–Crippen MR) is 76.9 cm³/mol. The van der Waals surface area contributed by atoms with Gasteiger partial charge in [-0.3, -0.25) is 4.72 Å². The summed E-state index contributed by atoms with van der Waals surface area (Å²) in [5, 5.41) is 10.4. The minimum atomic E-state index is -3.62. The van der Waals surface area contributed by atoms with Crippen molar-refractivity contribution in [3.05, 3.63) is 48.2 Å². The number of nitrogens with zero attached hydrogens (tertiary/aromatic N) is 2. The second-order valence-corrected chi connectivity index (χ2v) is 5.89. The molecule has 0 atom stereocenters. The van der Waals surface area contributed by atoms with E-state index in [0.29, 0.717) is 0 Å². The van der Waals surface area contributed by atoms with Crippen LogP contribution in [0, 0.1) is 0 Å². The van der Waals surface area contributed by atoms with Gasteiger partial charge in [-0.25, -0.2) is 8.42 Å². The van der Waals surface area contributed by atoms with Crippen LogP contribution in [0.4, 0.5) is 5.82 Å². The van der Waals surface area contributed by atoms with Gasteiger partial charge in [0.25, 0.3) is 10.0 Å². The minimum Gasteiger partial charge on any atom is -0.319 e. The molecule has 0 amide bonds. The molecule has 0 radical (unpaired) electrons. The van der Waals surface area contributed by atoms with E-state index < -0.39 is 10.0 Å². The van der Waals surface area contributed by atoms with Gasteiger partial charge in [0.1, 0.15) is 0 Å². The van der Waals surface area contributed by atoms with Crippen molar-refractivity contribution in [2.45, 2.75) is 11.3 Å². The molecule has 0 fully saturated rings. The van der Waals surface area contributed by atoms with Crippen LogP contribution in [0.5, 0.6) is 0 Å². The first-order valence-corrected chi connectivity index (χ1v) is 7.64. The van der Waals surface area contributed by atoms with E-state index in [2.05, 4.69) is 20.2 Å². The van der Waals surface area contributed by atoms with E-state index in [0.717, 1.165) is 18.5 Å². The third-order valence-electron chi connectivity index (χ3n) is 2.71. The van der Waals surface area contributed by atoms with Crippen molar-refractivity contribution >= 4 is 15.8 Å². The third-order valence-corrected chi connectivity index (χ3v) is 4.08. The van der Waals surface area contributed by atoms with Gasteiger partial charge in [0, 0.05) is 6.20 Å². The van der Waals surface area contributed by atoms with Gasteiger partial charge in [-0.2, -0.15) is 5.10 Å². The molecule has 0 aliphatic carbocycles. The first-order valence-electron chi connectivity index (χ1n) is 6.16. The quantitative estimate of drug-likeness (QED) is 0.831. The minimum absolute atomic E-state index is 0.201. The highest BCUT2D eigenvalue weighted by Gasteiger charge is 2.14. The summed E-state index contributed by atoms with van der Waals surface area (Å²) in [4.78, 5) is 0.205. The highest BCUT2D eigenvalue weighted by molar-refractivity contribution is 7.92.